The maximum Gasteiger partial charge on any atom is 0.339 e. The summed E-state index contributed by atoms with van der Waals surface area (Å²) in [5.41, 5.74) is 0.615. The monoisotopic (exact) mass is 477 g/mol. The minimum absolute atomic E-state index is 0.121. The van der Waals surface area contributed by atoms with Crippen LogP contribution in [0, 0.1) is 3.57 Å². The van der Waals surface area contributed by atoms with E-state index < -0.39 is 11.9 Å². The molecule has 0 radical (unpaired) electrons. The molecule has 6 nitrogen and oxygen atoms in total. The second kappa shape index (κ2) is 8.72. The number of halogens is 1. The molecule has 0 spiro atoms. The van der Waals surface area contributed by atoms with E-state index in [4.69, 9.17) is 13.9 Å². The standard InChI is InChI=1S/C20H16INO5/c1-25-20(24)16-4-2-3-5-17(16)22-19(23)18-11-10-15(27-18)12-26-14-8-6-13(21)7-9-14/h2-11H,12H2,1H3,(H,22,23). The van der Waals surface area contributed by atoms with Crippen LogP contribution in [0.4, 0.5) is 5.69 Å². The fourth-order valence-electron chi connectivity index (χ4n) is 2.33. The lowest BCUT2D eigenvalue weighted by Gasteiger charge is -2.08. The number of amides is 1. The molecule has 27 heavy (non-hydrogen) atoms. The van der Waals surface area contributed by atoms with Gasteiger partial charge in [-0.2, -0.15) is 0 Å². The summed E-state index contributed by atoms with van der Waals surface area (Å²) in [6.07, 6.45) is 0. The van der Waals surface area contributed by atoms with Crippen LogP contribution in [-0.4, -0.2) is 19.0 Å². The van der Waals surface area contributed by atoms with Gasteiger partial charge in [0.1, 0.15) is 18.1 Å². The molecule has 1 N–H and O–H groups in total. The average molecular weight is 477 g/mol. The minimum atomic E-state index is -0.531. The Bertz CT molecular complexity index is 949. The molecule has 1 amide bonds. The minimum Gasteiger partial charge on any atom is -0.486 e. The van der Waals surface area contributed by atoms with Crippen LogP contribution in [0.1, 0.15) is 26.7 Å². The molecule has 2 aromatic carbocycles. The fourth-order valence-corrected chi connectivity index (χ4v) is 2.69. The van der Waals surface area contributed by atoms with Crippen molar-refractivity contribution < 1.29 is 23.5 Å². The molecular formula is C20H16INO5. The highest BCUT2D eigenvalue weighted by atomic mass is 127. The summed E-state index contributed by atoms with van der Waals surface area (Å²) in [6, 6.07) is 17.4. The summed E-state index contributed by atoms with van der Waals surface area (Å²) in [4.78, 5) is 24.2. The van der Waals surface area contributed by atoms with Crippen LogP contribution in [0.3, 0.4) is 0 Å². The lowest BCUT2D eigenvalue weighted by molar-refractivity contribution is 0.0602. The van der Waals surface area contributed by atoms with Crippen LogP contribution >= 0.6 is 22.6 Å². The molecule has 0 aliphatic heterocycles. The molecule has 1 aromatic heterocycles. The van der Waals surface area contributed by atoms with Crippen molar-refractivity contribution in [2.75, 3.05) is 12.4 Å². The van der Waals surface area contributed by atoms with Crippen LogP contribution in [0.15, 0.2) is 65.1 Å². The number of para-hydroxylation sites is 1. The number of hydrogen-bond donors (Lipinski definition) is 1. The van der Waals surface area contributed by atoms with Crippen molar-refractivity contribution in [2.24, 2.45) is 0 Å². The number of furan rings is 1. The fraction of sp³-hybridized carbons (Fsp3) is 0.100. The summed E-state index contributed by atoms with van der Waals surface area (Å²) < 4.78 is 17.0. The predicted octanol–water partition coefficient (Wildman–Crippen LogP) is 4.50. The number of hydrogen-bond acceptors (Lipinski definition) is 5. The van der Waals surface area contributed by atoms with E-state index in [1.165, 1.54) is 7.11 Å². The lowest BCUT2D eigenvalue weighted by atomic mass is 10.2. The molecule has 0 atom stereocenters. The third-order valence-electron chi connectivity index (χ3n) is 3.66. The van der Waals surface area contributed by atoms with E-state index in [0.717, 1.165) is 3.57 Å². The Labute approximate surface area is 169 Å². The van der Waals surface area contributed by atoms with Crippen molar-refractivity contribution in [1.29, 1.82) is 0 Å². The van der Waals surface area contributed by atoms with Crippen molar-refractivity contribution >= 4 is 40.2 Å². The second-order valence-electron chi connectivity index (χ2n) is 5.50. The Morgan fingerprint density at radius 2 is 1.78 bits per heavy atom. The van der Waals surface area contributed by atoms with E-state index in [1.807, 2.05) is 24.3 Å². The molecule has 0 saturated heterocycles. The molecule has 0 unspecified atom stereocenters. The molecule has 7 heteroatoms. The maximum absolute atomic E-state index is 12.4. The van der Waals surface area contributed by atoms with Crippen molar-refractivity contribution in [1.82, 2.24) is 0 Å². The number of carbonyl (C=O) groups excluding carboxylic acids is 2. The lowest BCUT2D eigenvalue weighted by Crippen LogP contribution is -2.14. The van der Waals surface area contributed by atoms with Gasteiger partial charge in [0.05, 0.1) is 18.4 Å². The second-order valence-corrected chi connectivity index (χ2v) is 6.75. The molecular weight excluding hydrogens is 461 g/mol. The highest BCUT2D eigenvalue weighted by Gasteiger charge is 2.16. The van der Waals surface area contributed by atoms with Crippen molar-refractivity contribution in [3.05, 3.63) is 81.3 Å². The zero-order chi connectivity index (χ0) is 19.2. The molecule has 1 heterocycles. The molecule has 3 aromatic rings. The molecule has 0 aliphatic carbocycles. The molecule has 138 valence electrons. The first-order valence-corrected chi connectivity index (χ1v) is 9.10. The smallest absolute Gasteiger partial charge is 0.339 e. The van der Waals surface area contributed by atoms with E-state index >= 15 is 0 Å². The van der Waals surface area contributed by atoms with Crippen molar-refractivity contribution in [3.63, 3.8) is 0 Å². The third-order valence-corrected chi connectivity index (χ3v) is 4.38. The molecule has 0 bridgehead atoms. The zero-order valence-corrected chi connectivity index (χ0v) is 16.6. The highest BCUT2D eigenvalue weighted by molar-refractivity contribution is 14.1. The van der Waals surface area contributed by atoms with Gasteiger partial charge in [-0.3, -0.25) is 4.79 Å². The Morgan fingerprint density at radius 1 is 1.04 bits per heavy atom. The number of benzene rings is 2. The Balaban J connectivity index is 1.65. The summed E-state index contributed by atoms with van der Waals surface area (Å²) in [6.45, 7) is 0.201. The summed E-state index contributed by atoms with van der Waals surface area (Å²) in [5.74, 6) is 0.351. The SMILES string of the molecule is COC(=O)c1ccccc1NC(=O)c1ccc(COc2ccc(I)cc2)o1. The van der Waals surface area contributed by atoms with E-state index in [-0.39, 0.29) is 17.9 Å². The van der Waals surface area contributed by atoms with Gasteiger partial charge in [-0.15, -0.1) is 0 Å². The number of esters is 1. The first-order chi connectivity index (χ1) is 13.1. The quantitative estimate of drug-likeness (QED) is 0.418. The van der Waals surface area contributed by atoms with E-state index in [9.17, 15) is 9.59 Å². The van der Waals surface area contributed by atoms with Gasteiger partial charge in [0.25, 0.3) is 5.91 Å². The van der Waals surface area contributed by atoms with Crippen molar-refractivity contribution in [3.8, 4) is 5.75 Å². The van der Waals surface area contributed by atoms with Gasteiger partial charge < -0.3 is 19.2 Å². The van der Waals surface area contributed by atoms with Crippen LogP contribution in [0.5, 0.6) is 5.75 Å². The normalized spacial score (nSPS) is 10.3. The summed E-state index contributed by atoms with van der Waals surface area (Å²) >= 11 is 2.22. The zero-order valence-electron chi connectivity index (χ0n) is 14.4. The first kappa shape index (κ1) is 19.0. The Kier molecular flexibility index (Phi) is 6.12. The average Bonchev–Trinajstić information content (AvgIpc) is 3.16. The van der Waals surface area contributed by atoms with Crippen LogP contribution in [-0.2, 0) is 11.3 Å². The number of nitrogens with one attached hydrogen (secondary N) is 1. The third kappa shape index (κ3) is 4.88. The van der Waals surface area contributed by atoms with Gasteiger partial charge in [-0.25, -0.2) is 4.79 Å². The van der Waals surface area contributed by atoms with Crippen LogP contribution in [0.25, 0.3) is 0 Å². The van der Waals surface area contributed by atoms with Gasteiger partial charge in [0, 0.05) is 3.57 Å². The number of carbonyl (C=O) groups is 2. The molecule has 0 aliphatic rings. The van der Waals surface area contributed by atoms with E-state index in [1.54, 1.807) is 36.4 Å². The van der Waals surface area contributed by atoms with Gasteiger partial charge in [-0.1, -0.05) is 12.1 Å². The van der Waals surface area contributed by atoms with E-state index in [2.05, 4.69) is 27.9 Å². The Hall–Kier alpha value is -2.81. The molecule has 0 saturated carbocycles. The predicted molar refractivity (Wildman–Crippen MR) is 108 cm³/mol. The largest absolute Gasteiger partial charge is 0.486 e. The van der Waals surface area contributed by atoms with Crippen molar-refractivity contribution in [2.45, 2.75) is 6.61 Å². The maximum atomic E-state index is 12.4. The number of anilines is 1. The Morgan fingerprint density at radius 3 is 2.52 bits per heavy atom. The van der Waals surface area contributed by atoms with Gasteiger partial charge in [-0.05, 0) is 71.1 Å². The van der Waals surface area contributed by atoms with Gasteiger partial charge in [0.2, 0.25) is 0 Å². The highest BCUT2D eigenvalue weighted by Crippen LogP contribution is 2.19. The topological polar surface area (TPSA) is 77.8 Å². The molecule has 0 fully saturated rings. The number of methoxy groups -OCH3 is 1. The first-order valence-electron chi connectivity index (χ1n) is 8.02. The van der Waals surface area contributed by atoms with E-state index in [0.29, 0.717) is 17.2 Å². The van der Waals surface area contributed by atoms with Crippen LogP contribution in [0.2, 0.25) is 0 Å². The number of rotatable bonds is 6. The van der Waals surface area contributed by atoms with Gasteiger partial charge >= 0.3 is 5.97 Å². The van der Waals surface area contributed by atoms with Crippen LogP contribution < -0.4 is 10.1 Å². The molecule has 3 rings (SSSR count). The van der Waals surface area contributed by atoms with Gasteiger partial charge in [0.15, 0.2) is 5.76 Å². The summed E-state index contributed by atoms with van der Waals surface area (Å²) in [5, 5.41) is 2.66. The number of ether oxygens (including phenoxy) is 2. The summed E-state index contributed by atoms with van der Waals surface area (Å²) in [7, 11) is 1.29.